The van der Waals surface area contributed by atoms with Crippen LogP contribution < -0.4 is 14.8 Å². The van der Waals surface area contributed by atoms with E-state index in [2.05, 4.69) is 10.3 Å². The van der Waals surface area contributed by atoms with Gasteiger partial charge in [0.25, 0.3) is 5.88 Å². The predicted molar refractivity (Wildman–Crippen MR) is 91.0 cm³/mol. The Morgan fingerprint density at radius 3 is 2.83 bits per heavy atom. The second-order valence-electron chi connectivity index (χ2n) is 5.96. The Balaban J connectivity index is 1.69. The minimum absolute atomic E-state index is 0.197. The van der Waals surface area contributed by atoms with Crippen molar-refractivity contribution in [2.45, 2.75) is 19.3 Å². The Morgan fingerprint density at radius 1 is 1.21 bits per heavy atom. The van der Waals surface area contributed by atoms with Crippen LogP contribution >= 0.6 is 0 Å². The summed E-state index contributed by atoms with van der Waals surface area (Å²) in [6.07, 6.45) is 2.71. The third kappa shape index (κ3) is 4.03. The number of pyridine rings is 1. The van der Waals surface area contributed by atoms with Gasteiger partial charge in [0.1, 0.15) is 5.82 Å². The van der Waals surface area contributed by atoms with E-state index in [1.54, 1.807) is 6.20 Å². The molecule has 0 saturated carbocycles. The number of nitrogens with zero attached hydrogens (tertiary/aromatic N) is 1. The zero-order chi connectivity index (χ0) is 16.8. The summed E-state index contributed by atoms with van der Waals surface area (Å²) in [5, 5.41) is 3.42. The van der Waals surface area contributed by atoms with Gasteiger partial charge >= 0.3 is 0 Å². The van der Waals surface area contributed by atoms with E-state index in [0.29, 0.717) is 36.7 Å². The molecule has 2 heterocycles. The van der Waals surface area contributed by atoms with Crippen LogP contribution in [0.3, 0.4) is 0 Å². The summed E-state index contributed by atoms with van der Waals surface area (Å²) < 4.78 is 24.7. The van der Waals surface area contributed by atoms with E-state index in [1.807, 2.05) is 31.2 Å². The number of nitrogens with one attached hydrogen (secondary N) is 1. The van der Waals surface area contributed by atoms with Crippen LogP contribution in [-0.2, 0) is 0 Å². The monoisotopic (exact) mass is 330 g/mol. The van der Waals surface area contributed by atoms with Crippen LogP contribution in [-0.4, -0.2) is 31.3 Å². The van der Waals surface area contributed by atoms with Crippen molar-refractivity contribution >= 4 is 0 Å². The van der Waals surface area contributed by atoms with E-state index in [-0.39, 0.29) is 5.82 Å². The van der Waals surface area contributed by atoms with Crippen molar-refractivity contribution in [2.24, 2.45) is 5.92 Å². The van der Waals surface area contributed by atoms with E-state index < -0.39 is 0 Å². The average molecular weight is 330 g/mol. The number of ether oxygens (including phenoxy) is 2. The molecule has 3 rings (SSSR count). The van der Waals surface area contributed by atoms with Gasteiger partial charge in [0.05, 0.1) is 13.2 Å². The van der Waals surface area contributed by atoms with Crippen LogP contribution in [0.4, 0.5) is 4.39 Å². The van der Waals surface area contributed by atoms with E-state index in [9.17, 15) is 4.39 Å². The summed E-state index contributed by atoms with van der Waals surface area (Å²) in [5.74, 6) is 1.68. The molecule has 0 unspecified atom stereocenters. The third-order valence-electron chi connectivity index (χ3n) is 4.38. The summed E-state index contributed by atoms with van der Waals surface area (Å²) in [6.45, 7) is 4.90. The number of rotatable bonds is 6. The molecule has 0 amide bonds. The van der Waals surface area contributed by atoms with Crippen molar-refractivity contribution in [3.8, 4) is 11.6 Å². The maximum atomic E-state index is 13.2. The second-order valence-corrected chi connectivity index (χ2v) is 5.96. The van der Waals surface area contributed by atoms with Crippen LogP contribution in [0.5, 0.6) is 11.6 Å². The van der Waals surface area contributed by atoms with Crippen molar-refractivity contribution in [2.75, 3.05) is 26.3 Å². The Kier molecular flexibility index (Phi) is 5.64. The Bertz CT molecular complexity index is 648. The highest BCUT2D eigenvalue weighted by Gasteiger charge is 2.27. The molecule has 0 bridgehead atoms. The summed E-state index contributed by atoms with van der Waals surface area (Å²) in [7, 11) is 0. The molecule has 2 aromatic rings. The van der Waals surface area contributed by atoms with Crippen molar-refractivity contribution in [1.82, 2.24) is 10.3 Å². The van der Waals surface area contributed by atoms with E-state index in [4.69, 9.17) is 9.47 Å². The molecular weight excluding hydrogens is 307 g/mol. The number of hydrogen-bond acceptors (Lipinski definition) is 4. The van der Waals surface area contributed by atoms with E-state index >= 15 is 0 Å². The van der Waals surface area contributed by atoms with Crippen LogP contribution in [0, 0.1) is 11.7 Å². The molecule has 128 valence electrons. The lowest BCUT2D eigenvalue weighted by atomic mass is 9.81. The SMILES string of the molecule is CCOc1ncccc1OC[C@H]1CNCC[C@@H]1c1ccc(F)cc1. The lowest BCUT2D eigenvalue weighted by molar-refractivity contribution is 0.187. The molecule has 1 N–H and O–H groups in total. The molecule has 0 radical (unpaired) electrons. The Morgan fingerprint density at radius 2 is 2.04 bits per heavy atom. The molecule has 1 aromatic carbocycles. The van der Waals surface area contributed by atoms with E-state index in [0.717, 1.165) is 19.5 Å². The molecule has 1 aliphatic rings. The highest BCUT2D eigenvalue weighted by molar-refractivity contribution is 5.32. The first-order valence-electron chi connectivity index (χ1n) is 8.44. The summed E-state index contributed by atoms with van der Waals surface area (Å²) in [5.41, 5.74) is 1.17. The van der Waals surface area contributed by atoms with Crippen LogP contribution in [0.25, 0.3) is 0 Å². The first-order chi connectivity index (χ1) is 11.8. The number of halogens is 1. The molecular formula is C19H23FN2O2. The largest absolute Gasteiger partial charge is 0.488 e. The molecule has 5 heteroatoms. The van der Waals surface area contributed by atoms with Gasteiger partial charge < -0.3 is 14.8 Å². The second kappa shape index (κ2) is 8.11. The van der Waals surface area contributed by atoms with Crippen LogP contribution in [0.2, 0.25) is 0 Å². The first-order valence-corrected chi connectivity index (χ1v) is 8.44. The van der Waals surface area contributed by atoms with Gasteiger partial charge in [-0.1, -0.05) is 12.1 Å². The first kappa shape index (κ1) is 16.7. The predicted octanol–water partition coefficient (Wildman–Crippen LogP) is 3.39. The summed E-state index contributed by atoms with van der Waals surface area (Å²) in [4.78, 5) is 4.21. The van der Waals surface area contributed by atoms with Gasteiger partial charge in [-0.25, -0.2) is 9.37 Å². The van der Waals surface area contributed by atoms with Gasteiger partial charge in [-0.15, -0.1) is 0 Å². The minimum atomic E-state index is -0.197. The van der Waals surface area contributed by atoms with Gasteiger partial charge in [0.15, 0.2) is 5.75 Å². The zero-order valence-electron chi connectivity index (χ0n) is 13.9. The van der Waals surface area contributed by atoms with Crippen molar-refractivity contribution < 1.29 is 13.9 Å². The third-order valence-corrected chi connectivity index (χ3v) is 4.38. The Hall–Kier alpha value is -2.14. The molecule has 0 aliphatic carbocycles. The normalized spacial score (nSPS) is 20.6. The highest BCUT2D eigenvalue weighted by Crippen LogP contribution is 2.32. The maximum Gasteiger partial charge on any atom is 0.256 e. The topological polar surface area (TPSA) is 43.4 Å². The van der Waals surface area contributed by atoms with Crippen molar-refractivity contribution in [3.63, 3.8) is 0 Å². The van der Waals surface area contributed by atoms with Gasteiger partial charge in [0, 0.05) is 18.7 Å². The lowest BCUT2D eigenvalue weighted by Gasteiger charge is -2.32. The molecule has 1 saturated heterocycles. The fourth-order valence-electron chi connectivity index (χ4n) is 3.17. The zero-order valence-corrected chi connectivity index (χ0v) is 13.9. The van der Waals surface area contributed by atoms with Crippen molar-refractivity contribution in [1.29, 1.82) is 0 Å². The lowest BCUT2D eigenvalue weighted by Crippen LogP contribution is -2.38. The number of hydrogen-bond donors (Lipinski definition) is 1. The Labute approximate surface area is 142 Å². The summed E-state index contributed by atoms with van der Waals surface area (Å²) in [6, 6.07) is 10.5. The molecule has 1 aliphatic heterocycles. The van der Waals surface area contributed by atoms with E-state index in [1.165, 1.54) is 17.7 Å². The van der Waals surface area contributed by atoms with Crippen LogP contribution in [0.15, 0.2) is 42.6 Å². The fraction of sp³-hybridized carbons (Fsp3) is 0.421. The van der Waals surface area contributed by atoms with Crippen LogP contribution in [0.1, 0.15) is 24.8 Å². The molecule has 0 spiro atoms. The van der Waals surface area contributed by atoms with Gasteiger partial charge in [-0.3, -0.25) is 0 Å². The van der Waals surface area contributed by atoms with Gasteiger partial charge in [-0.05, 0) is 55.6 Å². The number of benzene rings is 1. The quantitative estimate of drug-likeness (QED) is 0.882. The number of aromatic nitrogens is 1. The average Bonchev–Trinajstić information content (AvgIpc) is 2.62. The standard InChI is InChI=1S/C19H23FN2O2/c1-2-23-19-18(4-3-10-22-19)24-13-15-12-21-11-9-17(15)14-5-7-16(20)8-6-14/h3-8,10,15,17,21H,2,9,11-13H2,1H3/t15-,17-/m1/s1. The summed E-state index contributed by atoms with van der Waals surface area (Å²) >= 11 is 0. The smallest absolute Gasteiger partial charge is 0.256 e. The van der Waals surface area contributed by atoms with Gasteiger partial charge in [0.2, 0.25) is 0 Å². The molecule has 2 atom stereocenters. The molecule has 1 fully saturated rings. The molecule has 24 heavy (non-hydrogen) atoms. The highest BCUT2D eigenvalue weighted by atomic mass is 19.1. The maximum absolute atomic E-state index is 13.2. The number of piperidine rings is 1. The molecule has 1 aromatic heterocycles. The van der Waals surface area contributed by atoms with Gasteiger partial charge in [-0.2, -0.15) is 0 Å². The fourth-order valence-corrected chi connectivity index (χ4v) is 3.17. The van der Waals surface area contributed by atoms with Crippen molar-refractivity contribution in [3.05, 3.63) is 54.0 Å². The minimum Gasteiger partial charge on any atom is -0.488 e. The molecule has 4 nitrogen and oxygen atoms in total.